The summed E-state index contributed by atoms with van der Waals surface area (Å²) in [6.07, 6.45) is 0. The Hall–Kier alpha value is -7.58. The van der Waals surface area contributed by atoms with Crippen molar-refractivity contribution in [3.05, 3.63) is 201 Å². The summed E-state index contributed by atoms with van der Waals surface area (Å²) in [5.41, 5.74) is -3.63. The summed E-state index contributed by atoms with van der Waals surface area (Å²) in [5, 5.41) is -9.54. The van der Waals surface area contributed by atoms with Crippen molar-refractivity contribution in [2.45, 2.75) is 0 Å². The van der Waals surface area contributed by atoms with Gasteiger partial charge >= 0.3 is 0 Å². The van der Waals surface area contributed by atoms with Gasteiger partial charge in [0.1, 0.15) is 23.0 Å². The minimum Gasteiger partial charge on any atom is -0.496 e. The molecule has 8 aromatic rings. The number of ether oxygens (including phenoxy) is 2. The first-order valence-electron chi connectivity index (χ1n) is 20.6. The lowest BCUT2D eigenvalue weighted by Gasteiger charge is -2.29. The Balaban J connectivity index is 1.60. The standard InChI is InChI=1S/C50H20F20O4P2/c1-71-21-15-13-19(17-9-5-3-6-10-17)45(73-75(47-37(63)29(55)25(51)30(56)38(47)64)48-39(65)31(57)26(52)32(58)40(48)66)23(21)24-22(72-2)16-14-20(18-11-7-4-8-12-18)46(24)74-76(49-41(67)33(59)27(53)34(60)42(49)68)50-43(69)35(61)28(54)36(62)44(50)70/h3-16H,1-2H3. The van der Waals surface area contributed by atoms with Crippen LogP contribution in [0.4, 0.5) is 87.8 Å². The zero-order valence-corrected chi connectivity index (χ0v) is 39.0. The van der Waals surface area contributed by atoms with Crippen LogP contribution in [0.1, 0.15) is 0 Å². The first-order valence-corrected chi connectivity index (χ1v) is 23.1. The maximum Gasteiger partial charge on any atom is 0.200 e. The van der Waals surface area contributed by atoms with Gasteiger partial charge in [-0.15, -0.1) is 0 Å². The Morgan fingerprint density at radius 3 is 0.684 bits per heavy atom. The van der Waals surface area contributed by atoms with Crippen molar-refractivity contribution in [3.8, 4) is 56.4 Å². The molecule has 0 aliphatic carbocycles. The number of hydrogen-bond acceptors (Lipinski definition) is 4. The van der Waals surface area contributed by atoms with Gasteiger partial charge in [-0.25, -0.2) is 87.8 Å². The molecule has 0 aromatic heterocycles. The summed E-state index contributed by atoms with van der Waals surface area (Å²) in [7, 11) is -7.97. The number of methoxy groups -OCH3 is 2. The van der Waals surface area contributed by atoms with Crippen LogP contribution >= 0.6 is 16.3 Å². The van der Waals surface area contributed by atoms with E-state index in [1.165, 1.54) is 60.7 Å². The molecule has 0 saturated heterocycles. The van der Waals surface area contributed by atoms with Gasteiger partial charge in [0.15, 0.2) is 109 Å². The third-order valence-electron chi connectivity index (χ3n) is 11.0. The van der Waals surface area contributed by atoms with Crippen LogP contribution in [0.5, 0.6) is 23.0 Å². The van der Waals surface area contributed by atoms with Gasteiger partial charge in [-0.1, -0.05) is 60.7 Å². The first kappa shape index (κ1) is 54.7. The molecule has 0 unspecified atom stereocenters. The van der Waals surface area contributed by atoms with Crippen LogP contribution in [-0.2, 0) is 0 Å². The highest BCUT2D eigenvalue weighted by Gasteiger charge is 2.44. The summed E-state index contributed by atoms with van der Waals surface area (Å²) in [4.78, 5) is 0. The van der Waals surface area contributed by atoms with E-state index in [0.717, 1.165) is 38.5 Å². The lowest BCUT2D eigenvalue weighted by Crippen LogP contribution is -2.31. The van der Waals surface area contributed by atoms with E-state index >= 15 is 70.2 Å². The Labute approximate surface area is 414 Å². The number of halogens is 20. The second-order valence-electron chi connectivity index (χ2n) is 15.2. The Kier molecular flexibility index (Phi) is 15.3. The van der Waals surface area contributed by atoms with Crippen molar-refractivity contribution in [3.63, 3.8) is 0 Å². The van der Waals surface area contributed by atoms with E-state index in [-0.39, 0.29) is 11.1 Å². The van der Waals surface area contributed by atoms with Crippen molar-refractivity contribution in [1.82, 2.24) is 0 Å². The average Bonchev–Trinajstić information content (AvgIpc) is 3.43. The van der Waals surface area contributed by atoms with Crippen molar-refractivity contribution in [2.24, 2.45) is 0 Å². The van der Waals surface area contributed by atoms with E-state index in [1.54, 1.807) is 0 Å². The van der Waals surface area contributed by atoms with Gasteiger partial charge < -0.3 is 18.5 Å². The van der Waals surface area contributed by atoms with Crippen LogP contribution < -0.4 is 39.7 Å². The monoisotopic (exact) mass is 1130 g/mol. The average molecular weight is 1130 g/mol. The summed E-state index contributed by atoms with van der Waals surface area (Å²) < 4.78 is 332. The fourth-order valence-electron chi connectivity index (χ4n) is 7.50. The SMILES string of the molecule is COc1ccc(-c2ccccc2)c(OP(c2c(F)c(F)c(F)c(F)c2F)c2c(F)c(F)c(F)c(F)c2F)c1-c1c(OC)ccc(-c2ccccc2)c1OP(c1c(F)c(F)c(F)c(F)c1F)c1c(F)c(F)c(F)c(F)c1F. The number of hydrogen-bond donors (Lipinski definition) is 0. The molecule has 0 fully saturated rings. The third-order valence-corrected chi connectivity index (χ3v) is 14.9. The zero-order chi connectivity index (χ0) is 55.5. The van der Waals surface area contributed by atoms with Crippen LogP contribution in [0.15, 0.2) is 84.9 Å². The van der Waals surface area contributed by atoms with Crippen LogP contribution in [0.2, 0.25) is 0 Å². The smallest absolute Gasteiger partial charge is 0.200 e. The highest BCUT2D eigenvalue weighted by atomic mass is 31.1. The van der Waals surface area contributed by atoms with E-state index in [0.29, 0.717) is 0 Å². The molecule has 0 aliphatic heterocycles. The second-order valence-corrected chi connectivity index (χ2v) is 18.5. The van der Waals surface area contributed by atoms with Crippen LogP contribution in [0.25, 0.3) is 33.4 Å². The largest absolute Gasteiger partial charge is 0.496 e. The fourth-order valence-corrected chi connectivity index (χ4v) is 11.3. The summed E-state index contributed by atoms with van der Waals surface area (Å²) in [5.74, 6) is -62.3. The summed E-state index contributed by atoms with van der Waals surface area (Å²) in [6.45, 7) is 0. The summed E-state index contributed by atoms with van der Waals surface area (Å²) >= 11 is 0. The molecule has 0 radical (unpaired) electrons. The van der Waals surface area contributed by atoms with Gasteiger partial charge in [0.05, 0.1) is 46.6 Å². The second kappa shape index (κ2) is 21.2. The fraction of sp³-hybridized carbons (Fsp3) is 0.0400. The maximum absolute atomic E-state index is 16.1. The maximum atomic E-state index is 16.1. The highest BCUT2D eigenvalue weighted by Crippen LogP contribution is 2.59. The predicted molar refractivity (Wildman–Crippen MR) is 234 cm³/mol. The van der Waals surface area contributed by atoms with Gasteiger partial charge in [-0.2, -0.15) is 0 Å². The van der Waals surface area contributed by atoms with Gasteiger partial charge in [-0.05, 0) is 35.4 Å². The zero-order valence-electron chi connectivity index (χ0n) is 37.2. The molecule has 0 amide bonds. The van der Waals surface area contributed by atoms with Gasteiger partial charge in [0.25, 0.3) is 0 Å². The van der Waals surface area contributed by atoms with E-state index in [9.17, 15) is 17.6 Å². The minimum atomic E-state index is -4.80. The van der Waals surface area contributed by atoms with Crippen molar-refractivity contribution >= 4 is 37.5 Å². The van der Waals surface area contributed by atoms with E-state index in [1.807, 2.05) is 0 Å². The van der Waals surface area contributed by atoms with Crippen molar-refractivity contribution in [2.75, 3.05) is 14.2 Å². The Morgan fingerprint density at radius 2 is 0.474 bits per heavy atom. The topological polar surface area (TPSA) is 36.9 Å². The van der Waals surface area contributed by atoms with Gasteiger partial charge in [0.2, 0.25) is 23.3 Å². The van der Waals surface area contributed by atoms with Crippen LogP contribution in [-0.4, -0.2) is 14.2 Å². The molecule has 26 heteroatoms. The Bertz CT molecular complexity index is 3170. The number of rotatable bonds is 13. The molecule has 394 valence electrons. The number of benzene rings is 8. The van der Waals surface area contributed by atoms with Crippen LogP contribution in [0, 0.1) is 116 Å². The quantitative estimate of drug-likeness (QED) is 0.0499. The van der Waals surface area contributed by atoms with E-state index in [2.05, 4.69) is 0 Å². The molecule has 0 N–H and O–H groups in total. The molecule has 0 bridgehead atoms. The third kappa shape index (κ3) is 8.93. The van der Waals surface area contributed by atoms with E-state index < -0.39 is 199 Å². The van der Waals surface area contributed by atoms with Crippen LogP contribution in [0.3, 0.4) is 0 Å². The summed E-state index contributed by atoms with van der Waals surface area (Å²) in [6, 6.07) is 16.3. The molecule has 0 saturated carbocycles. The van der Waals surface area contributed by atoms with Gasteiger partial charge in [0, 0.05) is 11.1 Å². The molecule has 4 nitrogen and oxygen atoms in total. The predicted octanol–water partition coefficient (Wildman–Crippen LogP) is 14.3. The Morgan fingerprint density at radius 1 is 0.263 bits per heavy atom. The lowest BCUT2D eigenvalue weighted by molar-refractivity contribution is 0.381. The lowest BCUT2D eigenvalue weighted by atomic mass is 9.92. The molecule has 0 heterocycles. The van der Waals surface area contributed by atoms with Crippen molar-refractivity contribution in [1.29, 1.82) is 0 Å². The molecule has 8 rings (SSSR count). The molecule has 0 aliphatic rings. The van der Waals surface area contributed by atoms with Crippen molar-refractivity contribution < 1.29 is 106 Å². The molecular formula is C50H20F20O4P2. The molecule has 8 aromatic carbocycles. The first-order chi connectivity index (χ1) is 36.0. The molecule has 76 heavy (non-hydrogen) atoms. The minimum absolute atomic E-state index is 0.197. The molecule has 0 atom stereocenters. The van der Waals surface area contributed by atoms with Gasteiger partial charge in [-0.3, -0.25) is 0 Å². The normalized spacial score (nSPS) is 11.5. The molecular weight excluding hydrogens is 1110 g/mol. The highest BCUT2D eigenvalue weighted by molar-refractivity contribution is 7.69. The van der Waals surface area contributed by atoms with E-state index in [4.69, 9.17) is 18.5 Å². The molecule has 0 spiro atoms.